The number of fused-ring (bicyclic) bond motifs is 3. The Kier molecular flexibility index (Phi) is 8.61. The van der Waals surface area contributed by atoms with E-state index in [1.54, 1.807) is 46.6 Å². The third kappa shape index (κ3) is 7.68. The van der Waals surface area contributed by atoms with Crippen LogP contribution in [0.15, 0.2) is 45.9 Å². The fourth-order valence-electron chi connectivity index (χ4n) is 5.55. The van der Waals surface area contributed by atoms with Gasteiger partial charge in [0.1, 0.15) is 29.3 Å². The molecule has 44 heavy (non-hydrogen) atoms. The average Bonchev–Trinajstić information content (AvgIpc) is 3.40. The number of carbonyl (C=O) groups excluding carboxylic acids is 3. The third-order valence-corrected chi connectivity index (χ3v) is 7.66. The van der Waals surface area contributed by atoms with Crippen molar-refractivity contribution in [1.29, 1.82) is 0 Å². The molecule has 0 radical (unpaired) electrons. The van der Waals surface area contributed by atoms with E-state index in [1.165, 1.54) is 0 Å². The highest BCUT2D eigenvalue weighted by Crippen LogP contribution is 2.61. The Morgan fingerprint density at radius 1 is 1.05 bits per heavy atom. The number of ether oxygens (including phenoxy) is 2. The number of hydrogen-bond donors (Lipinski definition) is 2. The molecule has 1 aliphatic carbocycles. The fraction of sp³-hybridized carbons (Fsp3) is 0.581. The van der Waals surface area contributed by atoms with E-state index in [9.17, 15) is 14.4 Å². The lowest BCUT2D eigenvalue weighted by molar-refractivity contribution is -0.153. The van der Waals surface area contributed by atoms with E-state index in [0.717, 1.165) is 24.8 Å². The molecule has 1 spiro atoms. The third-order valence-electron chi connectivity index (χ3n) is 7.66. The number of hydrogen-bond acceptors (Lipinski definition) is 9. The SMILES string of the molecule is CC(C)(C)OC(=O)NC(=NCCc1cc([C@@H]2CC3(CC3)[C@@H]3CN2C(=O)N3OCc2ccccc2)no1)NC(=O)OC(C)(C)C. The van der Waals surface area contributed by atoms with Crippen molar-refractivity contribution >= 4 is 24.2 Å². The van der Waals surface area contributed by atoms with Crippen molar-refractivity contribution in [2.24, 2.45) is 10.4 Å². The zero-order valence-corrected chi connectivity index (χ0v) is 26.2. The van der Waals surface area contributed by atoms with Crippen molar-refractivity contribution in [3.05, 3.63) is 53.4 Å². The molecule has 2 atom stereocenters. The largest absolute Gasteiger partial charge is 0.444 e. The normalized spacial score (nSPS) is 20.4. The molecule has 2 N–H and O–H groups in total. The molecular weight excluding hydrogens is 568 g/mol. The number of rotatable bonds is 7. The molecule has 4 amide bonds. The number of guanidine groups is 1. The van der Waals surface area contributed by atoms with Crippen LogP contribution in [0.1, 0.15) is 83.9 Å². The number of aromatic nitrogens is 1. The van der Waals surface area contributed by atoms with Gasteiger partial charge < -0.3 is 18.9 Å². The maximum absolute atomic E-state index is 13.5. The summed E-state index contributed by atoms with van der Waals surface area (Å²) in [6, 6.07) is 11.3. The number of nitrogens with zero attached hydrogens (tertiary/aromatic N) is 4. The Hall–Kier alpha value is -4.13. The number of aliphatic imine (C=N–C) groups is 1. The maximum Gasteiger partial charge on any atom is 0.414 e. The molecule has 1 aromatic carbocycles. The zero-order chi connectivity index (χ0) is 31.7. The van der Waals surface area contributed by atoms with Crippen molar-refractivity contribution in [2.45, 2.75) is 97.1 Å². The van der Waals surface area contributed by atoms with E-state index in [1.807, 2.05) is 41.3 Å². The van der Waals surface area contributed by atoms with Crippen molar-refractivity contribution in [2.75, 3.05) is 13.1 Å². The zero-order valence-electron chi connectivity index (χ0n) is 26.2. The number of amides is 4. The monoisotopic (exact) mass is 610 g/mol. The Bertz CT molecular complexity index is 1360. The number of benzene rings is 1. The maximum atomic E-state index is 13.5. The van der Waals surface area contributed by atoms with Crippen LogP contribution < -0.4 is 10.6 Å². The van der Waals surface area contributed by atoms with Crippen molar-refractivity contribution in [3.63, 3.8) is 0 Å². The lowest BCUT2D eigenvalue weighted by Crippen LogP contribution is -2.47. The first-order valence-electron chi connectivity index (χ1n) is 15.0. The lowest BCUT2D eigenvalue weighted by atomic mass is 9.84. The molecule has 238 valence electrons. The smallest absolute Gasteiger partial charge is 0.414 e. The molecule has 1 aromatic heterocycles. The highest BCUT2D eigenvalue weighted by molar-refractivity contribution is 6.01. The number of piperidine rings is 1. The van der Waals surface area contributed by atoms with Crippen LogP contribution >= 0.6 is 0 Å². The summed E-state index contributed by atoms with van der Waals surface area (Å²) in [5.74, 6) is 0.453. The van der Waals surface area contributed by atoms with E-state index >= 15 is 0 Å². The van der Waals surface area contributed by atoms with E-state index in [2.05, 4.69) is 20.8 Å². The summed E-state index contributed by atoms with van der Waals surface area (Å²) in [5.41, 5.74) is 0.232. The summed E-state index contributed by atoms with van der Waals surface area (Å²) in [7, 11) is 0. The summed E-state index contributed by atoms with van der Waals surface area (Å²) >= 11 is 0. The fourth-order valence-corrected chi connectivity index (χ4v) is 5.55. The second-order valence-corrected chi connectivity index (χ2v) is 13.6. The van der Waals surface area contributed by atoms with Crippen LogP contribution in [-0.4, -0.2) is 69.6 Å². The van der Waals surface area contributed by atoms with Crippen LogP contribution in [0.25, 0.3) is 0 Å². The summed E-state index contributed by atoms with van der Waals surface area (Å²) in [6.07, 6.45) is 1.67. The first-order valence-corrected chi connectivity index (χ1v) is 15.0. The number of alkyl carbamates (subject to hydrolysis) is 2. The van der Waals surface area contributed by atoms with Crippen LogP contribution in [0.4, 0.5) is 14.4 Å². The average molecular weight is 611 g/mol. The van der Waals surface area contributed by atoms with Crippen molar-refractivity contribution in [1.82, 2.24) is 25.8 Å². The van der Waals surface area contributed by atoms with E-state index in [-0.39, 0.29) is 36.0 Å². The minimum absolute atomic E-state index is 0.0169. The molecule has 13 heteroatoms. The van der Waals surface area contributed by atoms with Crippen LogP contribution in [0.2, 0.25) is 0 Å². The first-order chi connectivity index (χ1) is 20.7. The number of carbonyl (C=O) groups is 3. The van der Waals surface area contributed by atoms with Gasteiger partial charge in [0.2, 0.25) is 5.96 Å². The Morgan fingerprint density at radius 3 is 2.27 bits per heavy atom. The molecule has 0 unspecified atom stereocenters. The van der Waals surface area contributed by atoms with E-state index in [0.29, 0.717) is 31.0 Å². The molecule has 3 fully saturated rings. The van der Waals surface area contributed by atoms with Gasteiger partial charge in [-0.25, -0.2) is 14.4 Å². The van der Waals surface area contributed by atoms with Gasteiger partial charge in [0.15, 0.2) is 0 Å². The van der Waals surface area contributed by atoms with Crippen molar-refractivity contribution in [3.8, 4) is 0 Å². The Morgan fingerprint density at radius 2 is 1.68 bits per heavy atom. The van der Waals surface area contributed by atoms with E-state index in [4.69, 9.17) is 18.8 Å². The second kappa shape index (κ2) is 12.1. The van der Waals surface area contributed by atoms with Crippen LogP contribution in [0.3, 0.4) is 0 Å². The molecule has 1 saturated carbocycles. The van der Waals surface area contributed by atoms with Gasteiger partial charge in [-0.2, -0.15) is 5.06 Å². The molecule has 2 saturated heterocycles. The van der Waals surface area contributed by atoms with Crippen LogP contribution in [0, 0.1) is 5.41 Å². The van der Waals surface area contributed by atoms with Gasteiger partial charge >= 0.3 is 18.2 Å². The van der Waals surface area contributed by atoms with Gasteiger partial charge in [-0.3, -0.25) is 20.5 Å². The molecule has 2 aliphatic heterocycles. The van der Waals surface area contributed by atoms with Gasteiger partial charge in [-0.15, -0.1) is 0 Å². The standard InChI is InChI=1S/C31H42N6O7/c1-29(2,3)42-26(38)33-25(34-27(39)43-30(4,5)6)32-15-12-21-16-22(35-44-21)23-17-31(13-14-31)24-18-36(23)28(40)37(24)41-19-20-10-8-7-9-11-20/h7-11,16,23-24H,12-15,17-19H2,1-6H3,(H2,32,33,34,38,39)/t23-,24-/m0/s1. The Balaban J connectivity index is 1.23. The van der Waals surface area contributed by atoms with Crippen LogP contribution in [0.5, 0.6) is 0 Å². The molecule has 5 rings (SSSR count). The van der Waals surface area contributed by atoms with E-state index < -0.39 is 23.4 Å². The second-order valence-electron chi connectivity index (χ2n) is 13.6. The molecule has 2 aromatic rings. The molecule has 2 bridgehead atoms. The predicted octanol–water partition coefficient (Wildman–Crippen LogP) is 5.09. The minimum atomic E-state index is -0.768. The minimum Gasteiger partial charge on any atom is -0.444 e. The number of hydroxylamine groups is 2. The first kappa shape index (κ1) is 31.3. The van der Waals surface area contributed by atoms with Gasteiger partial charge in [0.05, 0.1) is 12.1 Å². The number of urea groups is 1. The Labute approximate surface area is 257 Å². The molecule has 3 heterocycles. The summed E-state index contributed by atoms with van der Waals surface area (Å²) in [4.78, 5) is 50.4. The predicted molar refractivity (Wildman–Crippen MR) is 159 cm³/mol. The van der Waals surface area contributed by atoms with Crippen LogP contribution in [-0.2, 0) is 27.3 Å². The molecule has 13 nitrogen and oxygen atoms in total. The number of nitrogens with one attached hydrogen (secondary N) is 2. The van der Waals surface area contributed by atoms with Gasteiger partial charge in [0, 0.05) is 25.6 Å². The molecule has 3 aliphatic rings. The van der Waals surface area contributed by atoms with Gasteiger partial charge in [-0.1, -0.05) is 35.5 Å². The quantitative estimate of drug-likeness (QED) is 0.326. The van der Waals surface area contributed by atoms with Gasteiger partial charge in [0.25, 0.3) is 0 Å². The summed E-state index contributed by atoms with van der Waals surface area (Å²) in [6.45, 7) is 11.5. The highest BCUT2D eigenvalue weighted by Gasteiger charge is 2.63. The summed E-state index contributed by atoms with van der Waals surface area (Å²) < 4.78 is 16.2. The topological polar surface area (TPSA) is 148 Å². The summed E-state index contributed by atoms with van der Waals surface area (Å²) in [5, 5.41) is 10.8. The lowest BCUT2D eigenvalue weighted by Gasteiger charge is -2.35. The van der Waals surface area contributed by atoms with Crippen molar-refractivity contribution < 1.29 is 33.2 Å². The van der Waals surface area contributed by atoms with Gasteiger partial charge in [-0.05, 0) is 71.8 Å². The highest BCUT2D eigenvalue weighted by atomic mass is 16.7. The molecular formula is C31H42N6O7.